The quantitative estimate of drug-likeness (QED) is 0.328. The molecule has 2 aromatic heterocycles. The number of nitrogens with one attached hydrogen (secondary N) is 1. The molecule has 0 spiro atoms. The minimum atomic E-state index is -4.75. The summed E-state index contributed by atoms with van der Waals surface area (Å²) >= 11 is 0. The first-order valence-electron chi connectivity index (χ1n) is 11.8. The molecule has 5 rings (SSSR count). The van der Waals surface area contributed by atoms with Gasteiger partial charge in [-0.1, -0.05) is 29.8 Å². The molecule has 38 heavy (non-hydrogen) atoms. The van der Waals surface area contributed by atoms with Crippen LogP contribution in [0.4, 0.5) is 30.5 Å². The van der Waals surface area contributed by atoms with Crippen molar-refractivity contribution < 1.29 is 22.8 Å². The Hall–Kier alpha value is -4.53. The van der Waals surface area contributed by atoms with E-state index in [0.717, 1.165) is 11.6 Å². The molecule has 0 atom stereocenters. The van der Waals surface area contributed by atoms with E-state index in [2.05, 4.69) is 15.3 Å². The average Bonchev–Trinajstić information content (AvgIpc) is 3.10. The zero-order chi connectivity index (χ0) is 27.2. The van der Waals surface area contributed by atoms with Crippen LogP contribution in [0.1, 0.15) is 40.9 Å². The van der Waals surface area contributed by atoms with Gasteiger partial charge in [-0.3, -0.25) is 9.59 Å². The van der Waals surface area contributed by atoms with Gasteiger partial charge in [0.2, 0.25) is 5.91 Å². The van der Waals surface area contributed by atoms with Gasteiger partial charge in [-0.2, -0.15) is 13.2 Å². The lowest BCUT2D eigenvalue weighted by atomic mass is 9.82. The number of carbonyl (C=O) groups is 2. The minimum absolute atomic E-state index is 0.268. The van der Waals surface area contributed by atoms with E-state index in [-0.39, 0.29) is 5.91 Å². The number of hydrogen-bond donors (Lipinski definition) is 1. The van der Waals surface area contributed by atoms with Crippen LogP contribution in [-0.4, -0.2) is 21.8 Å². The number of nitrogens with zero attached hydrogens (tertiary/aromatic N) is 3. The van der Waals surface area contributed by atoms with E-state index in [4.69, 9.17) is 0 Å². The molecular formula is C29H23F3N4O2. The molecule has 0 radical (unpaired) electrons. The SMILES string of the molecule is Cc1ccc(NC(=O)c2cc(-c3ccnc4c3C(C)(C)C(=O)N4c3ccccn3)ccc2C(F)(F)F)cc1. The van der Waals surface area contributed by atoms with E-state index in [1.54, 1.807) is 68.6 Å². The van der Waals surface area contributed by atoms with Crippen molar-refractivity contribution in [3.8, 4) is 11.1 Å². The number of amides is 2. The molecule has 9 heteroatoms. The Labute approximate surface area is 217 Å². The number of aromatic nitrogens is 2. The number of hydrogen-bond acceptors (Lipinski definition) is 4. The van der Waals surface area contributed by atoms with E-state index in [9.17, 15) is 22.8 Å². The summed E-state index contributed by atoms with van der Waals surface area (Å²) in [5.41, 5.74) is 0.0984. The average molecular weight is 517 g/mol. The highest BCUT2D eigenvalue weighted by molar-refractivity contribution is 6.13. The molecule has 0 saturated heterocycles. The molecule has 0 fully saturated rings. The molecule has 1 aliphatic rings. The predicted octanol–water partition coefficient (Wildman–Crippen LogP) is 6.68. The third-order valence-electron chi connectivity index (χ3n) is 6.57. The van der Waals surface area contributed by atoms with Crippen LogP contribution in [0.25, 0.3) is 11.1 Å². The van der Waals surface area contributed by atoms with Crippen molar-refractivity contribution in [2.45, 2.75) is 32.4 Å². The fourth-order valence-electron chi connectivity index (χ4n) is 4.64. The summed E-state index contributed by atoms with van der Waals surface area (Å²) < 4.78 is 41.8. The number of carbonyl (C=O) groups excluding carboxylic acids is 2. The monoisotopic (exact) mass is 516 g/mol. The maximum Gasteiger partial charge on any atom is 0.417 e. The summed E-state index contributed by atoms with van der Waals surface area (Å²) in [7, 11) is 0. The van der Waals surface area contributed by atoms with Crippen molar-refractivity contribution in [2.75, 3.05) is 10.2 Å². The van der Waals surface area contributed by atoms with E-state index >= 15 is 0 Å². The summed E-state index contributed by atoms with van der Waals surface area (Å²) in [4.78, 5) is 36.7. The first-order valence-corrected chi connectivity index (χ1v) is 11.8. The zero-order valence-electron chi connectivity index (χ0n) is 20.8. The lowest BCUT2D eigenvalue weighted by Gasteiger charge is -2.20. The Morgan fingerprint density at radius 2 is 1.68 bits per heavy atom. The van der Waals surface area contributed by atoms with Crippen molar-refractivity contribution >= 4 is 29.1 Å². The number of anilines is 3. The summed E-state index contributed by atoms with van der Waals surface area (Å²) in [6, 6.07) is 17.0. The highest BCUT2D eigenvalue weighted by Crippen LogP contribution is 2.48. The maximum absolute atomic E-state index is 13.9. The predicted molar refractivity (Wildman–Crippen MR) is 138 cm³/mol. The van der Waals surface area contributed by atoms with Gasteiger partial charge in [-0.25, -0.2) is 14.9 Å². The van der Waals surface area contributed by atoms with E-state index < -0.39 is 28.6 Å². The van der Waals surface area contributed by atoms with Crippen molar-refractivity contribution in [3.05, 3.63) is 101 Å². The van der Waals surface area contributed by atoms with Crippen LogP contribution in [0.3, 0.4) is 0 Å². The van der Waals surface area contributed by atoms with E-state index in [1.807, 2.05) is 6.92 Å². The van der Waals surface area contributed by atoms with Crippen LogP contribution in [0.5, 0.6) is 0 Å². The first kappa shape index (κ1) is 25.1. The molecular weight excluding hydrogens is 493 g/mol. The smallest absolute Gasteiger partial charge is 0.322 e. The number of pyridine rings is 2. The Morgan fingerprint density at radius 3 is 2.34 bits per heavy atom. The van der Waals surface area contributed by atoms with E-state index in [0.29, 0.717) is 34.0 Å². The maximum atomic E-state index is 13.9. The van der Waals surface area contributed by atoms with Crippen LogP contribution in [-0.2, 0) is 16.4 Å². The number of rotatable bonds is 4. The zero-order valence-corrected chi connectivity index (χ0v) is 20.8. The van der Waals surface area contributed by atoms with E-state index in [1.165, 1.54) is 23.2 Å². The molecule has 0 bridgehead atoms. The van der Waals surface area contributed by atoms with Gasteiger partial charge in [0.05, 0.1) is 16.5 Å². The van der Waals surface area contributed by atoms with Crippen LogP contribution >= 0.6 is 0 Å². The van der Waals surface area contributed by atoms with Gasteiger partial charge in [0, 0.05) is 23.6 Å². The number of fused-ring (bicyclic) bond motifs is 1. The summed E-state index contributed by atoms with van der Waals surface area (Å²) in [5, 5.41) is 2.56. The lowest BCUT2D eigenvalue weighted by molar-refractivity contribution is -0.137. The van der Waals surface area contributed by atoms with Gasteiger partial charge in [-0.05, 0) is 74.4 Å². The van der Waals surface area contributed by atoms with Crippen LogP contribution in [0.15, 0.2) is 79.1 Å². The van der Waals surface area contributed by atoms with Gasteiger partial charge < -0.3 is 5.32 Å². The highest BCUT2D eigenvalue weighted by atomic mass is 19.4. The second-order valence-corrected chi connectivity index (χ2v) is 9.59. The fraction of sp³-hybridized carbons (Fsp3) is 0.172. The van der Waals surface area contributed by atoms with Crippen molar-refractivity contribution in [1.82, 2.24) is 9.97 Å². The molecule has 192 valence electrons. The second kappa shape index (κ2) is 9.09. The van der Waals surface area contributed by atoms with Crippen LogP contribution in [0.2, 0.25) is 0 Å². The Balaban J connectivity index is 1.64. The van der Waals surface area contributed by atoms with Crippen LogP contribution < -0.4 is 10.2 Å². The number of halogens is 3. The van der Waals surface area contributed by atoms with Gasteiger partial charge >= 0.3 is 6.18 Å². The molecule has 2 amide bonds. The largest absolute Gasteiger partial charge is 0.417 e. The Bertz CT molecular complexity index is 1550. The third kappa shape index (κ3) is 4.30. The molecule has 2 aromatic carbocycles. The minimum Gasteiger partial charge on any atom is -0.322 e. The molecule has 0 saturated carbocycles. The lowest BCUT2D eigenvalue weighted by Crippen LogP contribution is -2.33. The van der Waals surface area contributed by atoms with Gasteiger partial charge in [-0.15, -0.1) is 0 Å². The van der Waals surface area contributed by atoms with Gasteiger partial charge in [0.25, 0.3) is 5.91 Å². The van der Waals surface area contributed by atoms with Gasteiger partial charge in [0.15, 0.2) is 0 Å². The Kier molecular flexibility index (Phi) is 6.01. The number of alkyl halides is 3. The molecule has 3 heterocycles. The Morgan fingerprint density at radius 1 is 0.947 bits per heavy atom. The highest BCUT2D eigenvalue weighted by Gasteiger charge is 2.48. The van der Waals surface area contributed by atoms with Crippen molar-refractivity contribution in [3.63, 3.8) is 0 Å². The van der Waals surface area contributed by atoms with Crippen molar-refractivity contribution in [1.29, 1.82) is 0 Å². The normalized spacial score (nSPS) is 14.4. The molecule has 1 N–H and O–H groups in total. The second-order valence-electron chi connectivity index (χ2n) is 9.59. The summed E-state index contributed by atoms with van der Waals surface area (Å²) in [5.74, 6) is -0.420. The van der Waals surface area contributed by atoms with Crippen molar-refractivity contribution in [2.24, 2.45) is 0 Å². The molecule has 0 aliphatic carbocycles. The summed E-state index contributed by atoms with van der Waals surface area (Å²) in [6.45, 7) is 5.33. The molecule has 1 aliphatic heterocycles. The van der Waals surface area contributed by atoms with Gasteiger partial charge in [0.1, 0.15) is 11.6 Å². The molecule has 4 aromatic rings. The summed E-state index contributed by atoms with van der Waals surface area (Å²) in [6.07, 6.45) is -1.70. The fourth-order valence-corrected chi connectivity index (χ4v) is 4.64. The standard InChI is InChI=1S/C29H23F3N4O2/c1-17-7-10-19(11-8-17)35-26(37)21-16-18(9-12-22(21)29(30,31)32)20-13-15-34-25-24(20)28(2,3)27(38)36(25)23-6-4-5-14-33-23/h4-16H,1-3H3,(H,35,37). The molecule has 6 nitrogen and oxygen atoms in total. The number of aryl methyl sites for hydroxylation is 1. The third-order valence-corrected chi connectivity index (χ3v) is 6.57. The first-order chi connectivity index (χ1) is 18.0. The topological polar surface area (TPSA) is 75.2 Å². The van der Waals surface area contributed by atoms with Crippen LogP contribution in [0, 0.1) is 6.92 Å². The molecule has 0 unspecified atom stereocenters. The number of benzene rings is 2.